The summed E-state index contributed by atoms with van der Waals surface area (Å²) in [6.07, 6.45) is 2.82. The second-order valence-electron chi connectivity index (χ2n) is 7.02. The highest BCUT2D eigenvalue weighted by Gasteiger charge is 2.28. The Morgan fingerprint density at radius 1 is 1.16 bits per heavy atom. The fourth-order valence-electron chi connectivity index (χ4n) is 3.39. The third kappa shape index (κ3) is 4.75. The summed E-state index contributed by atoms with van der Waals surface area (Å²) >= 11 is 7.53. The number of hydrogen-bond donors (Lipinski definition) is 2. The number of thioether (sulfide) groups is 1. The standard InChI is InChI=1S/C24H23ClN2O3S/c1-3-12-30-20-10-8-15-6-4-5-7-17(15)18(20)14-22-23(28)27-24(31-22)26-19-13-16(25)9-11-21(19)29-2/h4-11,13-14,24,26H,3,12H2,1-2H3,(H,27,28)/b22-14-. The molecule has 160 valence electrons. The number of hydrogen-bond acceptors (Lipinski definition) is 5. The predicted molar refractivity (Wildman–Crippen MR) is 129 cm³/mol. The van der Waals surface area contributed by atoms with Crippen molar-refractivity contribution in [2.45, 2.75) is 18.8 Å². The fraction of sp³-hybridized carbons (Fsp3) is 0.208. The number of ether oxygens (including phenoxy) is 2. The van der Waals surface area contributed by atoms with Gasteiger partial charge in [-0.1, -0.05) is 60.6 Å². The summed E-state index contributed by atoms with van der Waals surface area (Å²) in [5.74, 6) is 1.29. The maximum Gasteiger partial charge on any atom is 0.260 e. The van der Waals surface area contributed by atoms with Gasteiger partial charge in [-0.15, -0.1) is 0 Å². The first-order valence-electron chi connectivity index (χ1n) is 10.0. The van der Waals surface area contributed by atoms with Crippen LogP contribution in [0.3, 0.4) is 0 Å². The largest absolute Gasteiger partial charge is 0.495 e. The zero-order chi connectivity index (χ0) is 21.8. The Morgan fingerprint density at radius 3 is 2.77 bits per heavy atom. The normalized spacial score (nSPS) is 17.1. The van der Waals surface area contributed by atoms with Gasteiger partial charge in [0.1, 0.15) is 11.5 Å². The van der Waals surface area contributed by atoms with E-state index >= 15 is 0 Å². The second-order valence-corrected chi connectivity index (χ2v) is 8.60. The molecule has 1 unspecified atom stereocenters. The molecule has 1 atom stereocenters. The SMILES string of the molecule is CCCOc1ccc2ccccc2c1/C=C1\SC(Nc2cc(Cl)ccc2OC)NC1=O. The van der Waals surface area contributed by atoms with Crippen molar-refractivity contribution in [1.29, 1.82) is 0 Å². The van der Waals surface area contributed by atoms with Crippen LogP contribution >= 0.6 is 23.4 Å². The number of carbonyl (C=O) groups is 1. The van der Waals surface area contributed by atoms with Gasteiger partial charge >= 0.3 is 0 Å². The number of halogens is 1. The highest BCUT2D eigenvalue weighted by Crippen LogP contribution is 2.37. The lowest BCUT2D eigenvalue weighted by Crippen LogP contribution is -2.31. The first-order valence-corrected chi connectivity index (χ1v) is 11.3. The quantitative estimate of drug-likeness (QED) is 0.436. The monoisotopic (exact) mass is 454 g/mol. The number of amides is 1. The molecule has 0 saturated carbocycles. The van der Waals surface area contributed by atoms with E-state index in [0.717, 1.165) is 28.5 Å². The van der Waals surface area contributed by atoms with E-state index in [4.69, 9.17) is 21.1 Å². The van der Waals surface area contributed by atoms with Gasteiger partial charge in [-0.05, 0) is 47.5 Å². The molecule has 0 bridgehead atoms. The van der Waals surface area contributed by atoms with Crippen LogP contribution in [0.5, 0.6) is 11.5 Å². The molecule has 7 heteroatoms. The molecule has 1 aliphatic rings. The number of nitrogens with one attached hydrogen (secondary N) is 2. The van der Waals surface area contributed by atoms with Crippen LogP contribution in [0.15, 0.2) is 59.5 Å². The third-order valence-electron chi connectivity index (χ3n) is 4.85. The Kier molecular flexibility index (Phi) is 6.59. The lowest BCUT2D eigenvalue weighted by molar-refractivity contribution is -0.116. The number of methoxy groups -OCH3 is 1. The minimum atomic E-state index is -0.346. The maximum absolute atomic E-state index is 12.7. The van der Waals surface area contributed by atoms with Crippen molar-refractivity contribution in [1.82, 2.24) is 5.32 Å². The molecule has 1 heterocycles. The molecular weight excluding hydrogens is 432 g/mol. The van der Waals surface area contributed by atoms with Crippen LogP contribution in [-0.2, 0) is 4.79 Å². The van der Waals surface area contributed by atoms with Crippen LogP contribution in [0.2, 0.25) is 5.02 Å². The van der Waals surface area contributed by atoms with Gasteiger partial charge in [0, 0.05) is 10.6 Å². The Hall–Kier alpha value is -2.83. The Bertz CT molecular complexity index is 1150. The maximum atomic E-state index is 12.7. The van der Waals surface area contributed by atoms with Crippen LogP contribution < -0.4 is 20.1 Å². The van der Waals surface area contributed by atoms with Gasteiger partial charge in [-0.2, -0.15) is 0 Å². The smallest absolute Gasteiger partial charge is 0.260 e. The Balaban J connectivity index is 1.65. The minimum Gasteiger partial charge on any atom is -0.495 e. The average Bonchev–Trinajstić information content (AvgIpc) is 3.12. The summed E-state index contributed by atoms with van der Waals surface area (Å²) in [7, 11) is 1.60. The predicted octanol–water partition coefficient (Wildman–Crippen LogP) is 5.89. The molecule has 1 fully saturated rings. The minimum absolute atomic E-state index is 0.141. The number of benzene rings is 3. The van der Waals surface area contributed by atoms with E-state index in [1.807, 2.05) is 36.4 Å². The van der Waals surface area contributed by atoms with Gasteiger partial charge in [-0.3, -0.25) is 4.79 Å². The van der Waals surface area contributed by atoms with Crippen LogP contribution in [-0.4, -0.2) is 25.1 Å². The van der Waals surface area contributed by atoms with Gasteiger partial charge < -0.3 is 20.1 Å². The molecule has 0 aromatic heterocycles. The molecule has 0 aliphatic carbocycles. The van der Waals surface area contributed by atoms with Crippen molar-refractivity contribution in [3.05, 3.63) is 70.1 Å². The molecule has 3 aromatic rings. The fourth-order valence-corrected chi connectivity index (χ4v) is 4.52. The Morgan fingerprint density at radius 2 is 1.97 bits per heavy atom. The molecule has 5 nitrogen and oxygen atoms in total. The average molecular weight is 455 g/mol. The first kappa shape index (κ1) is 21.4. The van der Waals surface area contributed by atoms with E-state index in [-0.39, 0.29) is 11.4 Å². The van der Waals surface area contributed by atoms with Crippen molar-refractivity contribution >= 4 is 51.8 Å². The van der Waals surface area contributed by atoms with Crippen LogP contribution in [0.1, 0.15) is 18.9 Å². The molecule has 2 N–H and O–H groups in total. The van der Waals surface area contributed by atoms with Crippen molar-refractivity contribution < 1.29 is 14.3 Å². The molecule has 4 rings (SSSR count). The van der Waals surface area contributed by atoms with Gasteiger partial charge in [0.05, 0.1) is 24.3 Å². The highest BCUT2D eigenvalue weighted by atomic mass is 35.5. The van der Waals surface area contributed by atoms with Gasteiger partial charge in [0.2, 0.25) is 0 Å². The topological polar surface area (TPSA) is 59.6 Å². The van der Waals surface area contributed by atoms with E-state index in [1.54, 1.807) is 25.3 Å². The summed E-state index contributed by atoms with van der Waals surface area (Å²) in [6, 6.07) is 17.4. The van der Waals surface area contributed by atoms with Crippen molar-refractivity contribution in [2.75, 3.05) is 19.0 Å². The van der Waals surface area contributed by atoms with E-state index < -0.39 is 0 Å². The van der Waals surface area contributed by atoms with Crippen LogP contribution in [0.4, 0.5) is 5.69 Å². The molecule has 3 aromatic carbocycles. The van der Waals surface area contributed by atoms with Gasteiger partial charge in [0.25, 0.3) is 5.91 Å². The number of fused-ring (bicyclic) bond motifs is 1. The zero-order valence-corrected chi connectivity index (χ0v) is 18.8. The molecule has 1 aliphatic heterocycles. The number of anilines is 1. The lowest BCUT2D eigenvalue weighted by Gasteiger charge is -2.16. The summed E-state index contributed by atoms with van der Waals surface area (Å²) in [6.45, 7) is 2.69. The van der Waals surface area contributed by atoms with Gasteiger partial charge in [0.15, 0.2) is 5.50 Å². The first-order chi connectivity index (χ1) is 15.1. The molecule has 0 radical (unpaired) electrons. The molecule has 1 amide bonds. The van der Waals surface area contributed by atoms with Crippen molar-refractivity contribution in [2.24, 2.45) is 0 Å². The Labute approximate surface area is 190 Å². The van der Waals surface area contributed by atoms with Crippen LogP contribution in [0.25, 0.3) is 16.8 Å². The highest BCUT2D eigenvalue weighted by molar-refractivity contribution is 8.05. The summed E-state index contributed by atoms with van der Waals surface area (Å²) in [5, 5.41) is 8.97. The lowest BCUT2D eigenvalue weighted by atomic mass is 10.0. The summed E-state index contributed by atoms with van der Waals surface area (Å²) in [4.78, 5) is 13.3. The van der Waals surface area contributed by atoms with Crippen molar-refractivity contribution in [3.63, 3.8) is 0 Å². The summed E-state index contributed by atoms with van der Waals surface area (Å²) < 4.78 is 11.4. The van der Waals surface area contributed by atoms with E-state index in [0.29, 0.717) is 28.0 Å². The van der Waals surface area contributed by atoms with E-state index in [2.05, 4.69) is 23.6 Å². The molecular formula is C24H23ClN2O3S. The molecule has 1 saturated heterocycles. The zero-order valence-electron chi connectivity index (χ0n) is 17.3. The number of carbonyl (C=O) groups excluding carboxylic acids is 1. The third-order valence-corrected chi connectivity index (χ3v) is 6.11. The van der Waals surface area contributed by atoms with Crippen molar-refractivity contribution in [3.8, 4) is 11.5 Å². The van der Waals surface area contributed by atoms with Crippen LogP contribution in [0, 0.1) is 0 Å². The summed E-state index contributed by atoms with van der Waals surface area (Å²) in [5.41, 5.74) is 1.28. The van der Waals surface area contributed by atoms with E-state index in [9.17, 15) is 4.79 Å². The second kappa shape index (κ2) is 9.54. The van der Waals surface area contributed by atoms with Gasteiger partial charge in [-0.25, -0.2) is 0 Å². The molecule has 31 heavy (non-hydrogen) atoms. The number of rotatable bonds is 7. The van der Waals surface area contributed by atoms with E-state index in [1.165, 1.54) is 11.8 Å². The molecule has 0 spiro atoms.